The molecule has 2 aromatic carbocycles. The van der Waals surface area contributed by atoms with Crippen LogP contribution in [0.1, 0.15) is 31.5 Å². The molecule has 0 saturated heterocycles. The molecule has 0 aliphatic rings. The highest BCUT2D eigenvalue weighted by atomic mass is 19.1. The lowest BCUT2D eigenvalue weighted by atomic mass is 9.74. The van der Waals surface area contributed by atoms with Crippen LogP contribution in [-0.4, -0.2) is 28.9 Å². The van der Waals surface area contributed by atoms with Crippen LogP contribution >= 0.6 is 0 Å². The summed E-state index contributed by atoms with van der Waals surface area (Å²) in [7, 11) is 1.45. The van der Waals surface area contributed by atoms with Crippen LogP contribution in [0.25, 0.3) is 10.8 Å². The van der Waals surface area contributed by atoms with E-state index in [1.165, 1.54) is 37.4 Å². The van der Waals surface area contributed by atoms with Gasteiger partial charge in [0.1, 0.15) is 11.6 Å². The highest BCUT2D eigenvalue weighted by Gasteiger charge is 2.41. The topological polar surface area (TPSA) is 102 Å². The lowest BCUT2D eigenvalue weighted by molar-refractivity contribution is -0.130. The Labute approximate surface area is 184 Å². The molecule has 0 aliphatic carbocycles. The number of hydrogen-bond donors (Lipinski definition) is 2. The number of carbonyl (C=O) groups is 1. The maximum Gasteiger partial charge on any atom is 0.366 e. The van der Waals surface area contributed by atoms with E-state index in [0.29, 0.717) is 33.5 Å². The average Bonchev–Trinajstić information content (AvgIpc) is 2.76. The number of anilines is 1. The predicted octanol–water partition coefficient (Wildman–Crippen LogP) is 3.31. The quantitative estimate of drug-likeness (QED) is 0.573. The van der Waals surface area contributed by atoms with Crippen molar-refractivity contribution in [2.75, 3.05) is 12.4 Å². The minimum Gasteiger partial charge on any atom is -0.496 e. The molecule has 1 aromatic heterocycles. The Balaban J connectivity index is 1.92. The normalized spacial score (nSPS) is 13.3. The first-order valence-corrected chi connectivity index (χ1v) is 9.77. The zero-order valence-electron chi connectivity index (χ0n) is 18.2. The average molecular weight is 438 g/mol. The van der Waals surface area contributed by atoms with E-state index in [1.807, 2.05) is 0 Å². The number of halogens is 1. The van der Waals surface area contributed by atoms with E-state index in [2.05, 4.69) is 16.4 Å². The first kappa shape index (κ1) is 23.0. The number of nitrogens with one attached hydrogen (secondary N) is 1. The summed E-state index contributed by atoms with van der Waals surface area (Å²) in [5.41, 5.74) is -2.50. The summed E-state index contributed by atoms with van der Waals surface area (Å²) in [6.45, 7) is 5.11. The van der Waals surface area contributed by atoms with Gasteiger partial charge in [-0.15, -0.1) is 6.42 Å². The highest BCUT2D eigenvalue weighted by Crippen LogP contribution is 2.38. The van der Waals surface area contributed by atoms with Gasteiger partial charge in [0.15, 0.2) is 0 Å². The highest BCUT2D eigenvalue weighted by molar-refractivity contribution is 6.01. The van der Waals surface area contributed by atoms with Crippen LogP contribution in [0.15, 0.2) is 45.7 Å². The second-order valence-electron chi connectivity index (χ2n) is 8.18. The molecular weight excluding hydrogens is 415 g/mol. The van der Waals surface area contributed by atoms with Crippen LogP contribution in [0.4, 0.5) is 10.1 Å². The second kappa shape index (κ2) is 8.44. The molecule has 0 aliphatic heterocycles. The van der Waals surface area contributed by atoms with Gasteiger partial charge in [-0.25, -0.2) is 9.18 Å². The first-order chi connectivity index (χ1) is 15.0. The van der Waals surface area contributed by atoms with Gasteiger partial charge in [-0.3, -0.25) is 4.79 Å². The fourth-order valence-corrected chi connectivity index (χ4v) is 3.68. The molecule has 1 atom stereocenters. The van der Waals surface area contributed by atoms with E-state index in [9.17, 15) is 19.1 Å². The molecule has 0 spiro atoms. The summed E-state index contributed by atoms with van der Waals surface area (Å²) < 4.78 is 23.9. The molecule has 3 rings (SSSR count). The van der Waals surface area contributed by atoms with Crippen molar-refractivity contribution < 1.29 is 23.6 Å². The van der Waals surface area contributed by atoms with Crippen molar-refractivity contribution in [1.82, 2.24) is 5.16 Å². The Hall–Kier alpha value is -3.70. The van der Waals surface area contributed by atoms with E-state index >= 15 is 0 Å². The number of aryl methyl sites for hydroxylation is 1. The van der Waals surface area contributed by atoms with E-state index in [1.54, 1.807) is 26.8 Å². The number of nitrogens with zero attached hydrogens (tertiary/aromatic N) is 1. The third kappa shape index (κ3) is 4.34. The van der Waals surface area contributed by atoms with Crippen molar-refractivity contribution in [3.05, 3.63) is 63.9 Å². The third-order valence-electron chi connectivity index (χ3n) is 5.36. The van der Waals surface area contributed by atoms with Crippen LogP contribution < -0.4 is 15.7 Å². The van der Waals surface area contributed by atoms with Crippen LogP contribution in [0.3, 0.4) is 0 Å². The monoisotopic (exact) mass is 438 g/mol. The molecule has 3 aromatic rings. The molecule has 1 amide bonds. The smallest absolute Gasteiger partial charge is 0.366 e. The number of hydrogen-bond acceptors (Lipinski definition) is 6. The fraction of sp³-hybridized carbons (Fsp3) is 0.292. The molecule has 166 valence electrons. The summed E-state index contributed by atoms with van der Waals surface area (Å²) in [6, 6.07) is 8.55. The zero-order chi connectivity index (χ0) is 23.7. The van der Waals surface area contributed by atoms with Crippen LogP contribution in [-0.2, 0) is 10.2 Å². The number of methoxy groups -OCH3 is 1. The van der Waals surface area contributed by atoms with Crippen molar-refractivity contribution in [3.8, 4) is 18.1 Å². The standard InChI is InChI=1S/C24H23FN2O5/c1-6-24(30,13-23(3,4)19-11-15(25)7-10-20(19)31-5)22(29)26-16-8-9-17-18(12-16)14(2)27-32-21(17)28/h1,7-12,30H,13H2,2-5H3,(H,26,29). The number of rotatable bonds is 6. The van der Waals surface area contributed by atoms with Crippen LogP contribution in [0, 0.1) is 25.1 Å². The number of aromatic nitrogens is 1. The Morgan fingerprint density at radius 3 is 2.66 bits per heavy atom. The van der Waals surface area contributed by atoms with Gasteiger partial charge in [-0.05, 0) is 48.7 Å². The van der Waals surface area contributed by atoms with Gasteiger partial charge in [0.2, 0.25) is 5.60 Å². The predicted molar refractivity (Wildman–Crippen MR) is 118 cm³/mol. The fourth-order valence-electron chi connectivity index (χ4n) is 3.68. The SMILES string of the molecule is C#CC(O)(CC(C)(C)c1cc(F)ccc1OC)C(=O)Nc1ccc2c(=O)onc(C)c2c1. The molecule has 0 saturated carbocycles. The van der Waals surface area contributed by atoms with Gasteiger partial charge in [0.05, 0.1) is 18.2 Å². The number of terminal acetylenes is 1. The van der Waals surface area contributed by atoms with Gasteiger partial charge < -0.3 is 19.7 Å². The van der Waals surface area contributed by atoms with Gasteiger partial charge in [-0.1, -0.05) is 24.9 Å². The Morgan fingerprint density at radius 2 is 2.00 bits per heavy atom. The molecule has 1 heterocycles. The summed E-state index contributed by atoms with van der Waals surface area (Å²) in [5, 5.41) is 18.1. The van der Waals surface area contributed by atoms with Gasteiger partial charge in [0, 0.05) is 23.1 Å². The number of amides is 1. The Bertz CT molecular complexity index is 1290. The van der Waals surface area contributed by atoms with E-state index < -0.39 is 28.4 Å². The molecule has 1 unspecified atom stereocenters. The second-order valence-corrected chi connectivity index (χ2v) is 8.18. The van der Waals surface area contributed by atoms with Crippen LogP contribution in [0.2, 0.25) is 0 Å². The first-order valence-electron chi connectivity index (χ1n) is 9.77. The number of benzene rings is 2. The van der Waals surface area contributed by atoms with E-state index in [4.69, 9.17) is 15.7 Å². The molecule has 7 nitrogen and oxygen atoms in total. The molecule has 2 N–H and O–H groups in total. The summed E-state index contributed by atoms with van der Waals surface area (Å²) >= 11 is 0. The molecular formula is C24H23FN2O5. The summed E-state index contributed by atoms with van der Waals surface area (Å²) in [6.07, 6.45) is 5.34. The molecule has 0 bridgehead atoms. The molecule has 0 fully saturated rings. The minimum atomic E-state index is -2.21. The molecule has 0 radical (unpaired) electrons. The van der Waals surface area contributed by atoms with E-state index in [0.717, 1.165) is 0 Å². The van der Waals surface area contributed by atoms with Crippen molar-refractivity contribution in [2.45, 2.75) is 38.2 Å². The number of ether oxygens (including phenoxy) is 1. The number of fused-ring (bicyclic) bond motifs is 1. The van der Waals surface area contributed by atoms with E-state index in [-0.39, 0.29) is 6.42 Å². The van der Waals surface area contributed by atoms with Crippen molar-refractivity contribution in [3.63, 3.8) is 0 Å². The molecule has 32 heavy (non-hydrogen) atoms. The van der Waals surface area contributed by atoms with Crippen LogP contribution in [0.5, 0.6) is 5.75 Å². The maximum atomic E-state index is 13.9. The van der Waals surface area contributed by atoms with Crippen molar-refractivity contribution >= 4 is 22.4 Å². The molecule has 8 heteroatoms. The zero-order valence-corrected chi connectivity index (χ0v) is 18.2. The minimum absolute atomic E-state index is 0.208. The van der Waals surface area contributed by atoms with Crippen molar-refractivity contribution in [2.24, 2.45) is 0 Å². The largest absolute Gasteiger partial charge is 0.496 e. The lowest BCUT2D eigenvalue weighted by Crippen LogP contribution is -2.46. The summed E-state index contributed by atoms with van der Waals surface area (Å²) in [5.74, 6) is 1.26. The Morgan fingerprint density at radius 1 is 1.28 bits per heavy atom. The summed E-state index contributed by atoms with van der Waals surface area (Å²) in [4.78, 5) is 24.8. The Kier molecular flexibility index (Phi) is 6.06. The number of aliphatic hydroxyl groups is 1. The maximum absolute atomic E-state index is 13.9. The van der Waals surface area contributed by atoms with Gasteiger partial charge >= 0.3 is 5.63 Å². The number of carbonyl (C=O) groups excluding carboxylic acids is 1. The lowest BCUT2D eigenvalue weighted by Gasteiger charge is -2.33. The third-order valence-corrected chi connectivity index (χ3v) is 5.36. The van der Waals surface area contributed by atoms with Gasteiger partial charge in [-0.2, -0.15) is 0 Å². The van der Waals surface area contributed by atoms with Crippen molar-refractivity contribution in [1.29, 1.82) is 0 Å². The van der Waals surface area contributed by atoms with Gasteiger partial charge in [0.25, 0.3) is 5.91 Å².